The van der Waals surface area contributed by atoms with Crippen LogP contribution >= 0.6 is 23.2 Å². The van der Waals surface area contributed by atoms with Crippen LogP contribution in [0.15, 0.2) is 18.2 Å². The summed E-state index contributed by atoms with van der Waals surface area (Å²) < 4.78 is 22.9. The highest BCUT2D eigenvalue weighted by Crippen LogP contribution is 2.29. The van der Waals surface area contributed by atoms with E-state index in [0.717, 1.165) is 0 Å². The first-order valence-electron chi connectivity index (χ1n) is 6.43. The molecule has 0 radical (unpaired) electrons. The molecule has 1 amide bonds. The molecule has 0 bridgehead atoms. The molecule has 1 N–H and O–H groups in total. The monoisotopic (exact) mass is 350 g/mol. The standard InChI is InChI=1S/C13H16Cl2N2O3S/c1-17(9-5-6-21(19,20)8-9)7-12(18)16-11-4-2-3-10(14)13(11)15/h2-4,9H,5-8H2,1H3,(H,16,18). The van der Waals surface area contributed by atoms with Gasteiger partial charge in [-0.1, -0.05) is 29.3 Å². The molecule has 116 valence electrons. The molecule has 0 spiro atoms. The fourth-order valence-corrected chi connectivity index (χ4v) is 4.42. The highest BCUT2D eigenvalue weighted by Gasteiger charge is 2.31. The summed E-state index contributed by atoms with van der Waals surface area (Å²) >= 11 is 11.9. The van der Waals surface area contributed by atoms with E-state index in [4.69, 9.17) is 23.2 Å². The summed E-state index contributed by atoms with van der Waals surface area (Å²) in [4.78, 5) is 13.7. The number of sulfone groups is 1. The van der Waals surface area contributed by atoms with Gasteiger partial charge >= 0.3 is 0 Å². The van der Waals surface area contributed by atoms with Crippen molar-refractivity contribution in [1.29, 1.82) is 0 Å². The van der Waals surface area contributed by atoms with Gasteiger partial charge in [-0.15, -0.1) is 0 Å². The molecular weight excluding hydrogens is 335 g/mol. The molecule has 8 heteroatoms. The number of nitrogens with zero attached hydrogens (tertiary/aromatic N) is 1. The van der Waals surface area contributed by atoms with Crippen molar-refractivity contribution in [3.8, 4) is 0 Å². The first-order valence-corrected chi connectivity index (χ1v) is 9.01. The van der Waals surface area contributed by atoms with Crippen molar-refractivity contribution < 1.29 is 13.2 Å². The minimum atomic E-state index is -2.96. The van der Waals surface area contributed by atoms with Crippen molar-refractivity contribution in [2.24, 2.45) is 0 Å². The minimum Gasteiger partial charge on any atom is -0.324 e. The van der Waals surface area contributed by atoms with Crippen molar-refractivity contribution in [3.05, 3.63) is 28.2 Å². The van der Waals surface area contributed by atoms with Crippen molar-refractivity contribution in [2.45, 2.75) is 12.5 Å². The van der Waals surface area contributed by atoms with Crippen LogP contribution in [0.4, 0.5) is 5.69 Å². The van der Waals surface area contributed by atoms with Crippen LogP contribution in [0.1, 0.15) is 6.42 Å². The van der Waals surface area contributed by atoms with E-state index in [1.54, 1.807) is 30.1 Å². The lowest BCUT2D eigenvalue weighted by Crippen LogP contribution is -2.38. The number of hydrogen-bond donors (Lipinski definition) is 1. The van der Waals surface area contributed by atoms with E-state index in [1.807, 2.05) is 0 Å². The molecule has 0 saturated carbocycles. The van der Waals surface area contributed by atoms with Crippen molar-refractivity contribution in [1.82, 2.24) is 4.90 Å². The Morgan fingerprint density at radius 1 is 1.43 bits per heavy atom. The maximum atomic E-state index is 12.0. The number of carbonyl (C=O) groups is 1. The number of benzene rings is 1. The van der Waals surface area contributed by atoms with Crippen LogP contribution in [-0.2, 0) is 14.6 Å². The Bertz CT molecular complexity index is 649. The molecule has 0 aliphatic carbocycles. The number of likely N-dealkylation sites (N-methyl/N-ethyl adjacent to an activating group) is 1. The average Bonchev–Trinajstić information content (AvgIpc) is 2.75. The van der Waals surface area contributed by atoms with Crippen LogP contribution in [0.5, 0.6) is 0 Å². The van der Waals surface area contributed by atoms with Gasteiger partial charge in [0.1, 0.15) is 0 Å². The largest absolute Gasteiger partial charge is 0.324 e. The Morgan fingerprint density at radius 2 is 2.14 bits per heavy atom. The number of hydrogen-bond acceptors (Lipinski definition) is 4. The summed E-state index contributed by atoms with van der Waals surface area (Å²) in [6.45, 7) is 0.100. The third-order valence-electron chi connectivity index (χ3n) is 3.45. The topological polar surface area (TPSA) is 66.5 Å². The molecule has 1 aliphatic heterocycles. The van der Waals surface area contributed by atoms with E-state index in [0.29, 0.717) is 22.2 Å². The van der Waals surface area contributed by atoms with Crippen LogP contribution < -0.4 is 5.32 Å². The van der Waals surface area contributed by atoms with Crippen molar-refractivity contribution in [2.75, 3.05) is 30.4 Å². The van der Waals surface area contributed by atoms with Crippen LogP contribution in [-0.4, -0.2) is 50.4 Å². The molecule has 1 saturated heterocycles. The molecule has 1 aromatic carbocycles. The van der Waals surface area contributed by atoms with Gasteiger partial charge in [0.05, 0.1) is 33.8 Å². The quantitative estimate of drug-likeness (QED) is 0.902. The van der Waals surface area contributed by atoms with Gasteiger partial charge in [0, 0.05) is 6.04 Å². The number of rotatable bonds is 4. The molecule has 5 nitrogen and oxygen atoms in total. The fraction of sp³-hybridized carbons (Fsp3) is 0.462. The zero-order valence-electron chi connectivity index (χ0n) is 11.5. The van der Waals surface area contributed by atoms with Crippen LogP contribution in [0.25, 0.3) is 0 Å². The Balaban J connectivity index is 1.94. The van der Waals surface area contributed by atoms with E-state index >= 15 is 0 Å². The zero-order valence-corrected chi connectivity index (χ0v) is 13.8. The Labute approximate surface area is 134 Å². The normalized spacial score (nSPS) is 20.7. The number of halogens is 2. The van der Waals surface area contributed by atoms with Crippen LogP contribution in [0.3, 0.4) is 0 Å². The van der Waals surface area contributed by atoms with Crippen molar-refractivity contribution >= 4 is 44.6 Å². The molecule has 1 unspecified atom stereocenters. The SMILES string of the molecule is CN(CC(=O)Nc1cccc(Cl)c1Cl)C1CCS(=O)(=O)C1. The van der Waals surface area contributed by atoms with Crippen molar-refractivity contribution in [3.63, 3.8) is 0 Å². The Kier molecular flexibility index (Phi) is 5.14. The highest BCUT2D eigenvalue weighted by atomic mass is 35.5. The van der Waals surface area contributed by atoms with Gasteiger partial charge < -0.3 is 5.32 Å². The van der Waals surface area contributed by atoms with Gasteiger partial charge in [-0.3, -0.25) is 9.69 Å². The lowest BCUT2D eigenvalue weighted by molar-refractivity contribution is -0.117. The molecular formula is C13H16Cl2N2O3S. The molecule has 1 heterocycles. The van der Waals surface area contributed by atoms with Gasteiger partial charge in [0.25, 0.3) is 0 Å². The molecule has 1 aliphatic rings. The third kappa shape index (κ3) is 4.32. The maximum Gasteiger partial charge on any atom is 0.238 e. The predicted molar refractivity (Wildman–Crippen MR) is 84.8 cm³/mol. The van der Waals surface area contributed by atoms with Gasteiger partial charge in [-0.2, -0.15) is 0 Å². The van der Waals surface area contributed by atoms with E-state index in [2.05, 4.69) is 5.32 Å². The predicted octanol–water partition coefficient (Wildman–Crippen LogP) is 2.05. The molecule has 1 fully saturated rings. The number of amides is 1. The number of anilines is 1. The van der Waals surface area contributed by atoms with Gasteiger partial charge in [0.2, 0.25) is 5.91 Å². The summed E-state index contributed by atoms with van der Waals surface area (Å²) in [7, 11) is -1.22. The molecule has 2 rings (SSSR count). The summed E-state index contributed by atoms with van der Waals surface area (Å²) in [5.74, 6) is 0.0318. The van der Waals surface area contributed by atoms with Gasteiger partial charge in [-0.05, 0) is 25.6 Å². The summed E-state index contributed by atoms with van der Waals surface area (Å²) in [6, 6.07) is 4.87. The maximum absolute atomic E-state index is 12.0. The molecule has 21 heavy (non-hydrogen) atoms. The second kappa shape index (κ2) is 6.52. The van der Waals surface area contributed by atoms with Crippen LogP contribution in [0, 0.1) is 0 Å². The van der Waals surface area contributed by atoms with Gasteiger partial charge in [0.15, 0.2) is 9.84 Å². The van der Waals surface area contributed by atoms with E-state index in [9.17, 15) is 13.2 Å². The lowest BCUT2D eigenvalue weighted by atomic mass is 10.2. The lowest BCUT2D eigenvalue weighted by Gasteiger charge is -2.22. The van der Waals surface area contributed by atoms with E-state index < -0.39 is 9.84 Å². The second-order valence-electron chi connectivity index (χ2n) is 5.12. The summed E-state index contributed by atoms with van der Waals surface area (Å²) in [5, 5.41) is 3.34. The fourth-order valence-electron chi connectivity index (χ4n) is 2.27. The van der Waals surface area contributed by atoms with E-state index in [1.165, 1.54) is 0 Å². The van der Waals surface area contributed by atoms with E-state index in [-0.39, 0.29) is 30.0 Å². The summed E-state index contributed by atoms with van der Waals surface area (Å²) in [6.07, 6.45) is 0.560. The zero-order chi connectivity index (χ0) is 15.6. The third-order valence-corrected chi connectivity index (χ3v) is 6.02. The average molecular weight is 351 g/mol. The first-order chi connectivity index (χ1) is 9.78. The Hall–Kier alpha value is -0.820. The van der Waals surface area contributed by atoms with Gasteiger partial charge in [-0.25, -0.2) is 8.42 Å². The van der Waals surface area contributed by atoms with Crippen LogP contribution in [0.2, 0.25) is 10.0 Å². The molecule has 0 aromatic heterocycles. The Morgan fingerprint density at radius 3 is 2.76 bits per heavy atom. The molecule has 1 atom stereocenters. The smallest absolute Gasteiger partial charge is 0.238 e. The second-order valence-corrected chi connectivity index (χ2v) is 8.14. The highest BCUT2D eigenvalue weighted by molar-refractivity contribution is 7.91. The number of nitrogens with one attached hydrogen (secondary N) is 1. The first kappa shape index (κ1) is 16.5. The summed E-state index contributed by atoms with van der Waals surface area (Å²) in [5.41, 5.74) is 0.446. The minimum absolute atomic E-state index is 0.100. The number of carbonyl (C=O) groups excluding carboxylic acids is 1. The molecule has 1 aromatic rings.